The van der Waals surface area contributed by atoms with Crippen molar-refractivity contribution in [2.75, 3.05) is 0 Å². The van der Waals surface area contributed by atoms with Crippen LogP contribution in [0.4, 0.5) is 0 Å². The van der Waals surface area contributed by atoms with Gasteiger partial charge in [0.05, 0.1) is 6.10 Å². The standard InChI is InChI=1S/C23H21Br2NO/c24-17-7-10-22-20(14-17)21-15-18(25)8-11-23(21)26(22)13-12-19(27)9-6-16-4-2-1-3-5-16/h1-5,7-8,10-11,14-15,19,27H,6,9,12-13H2. The van der Waals surface area contributed by atoms with Gasteiger partial charge in [0.2, 0.25) is 0 Å². The number of hydrogen-bond donors (Lipinski definition) is 1. The van der Waals surface area contributed by atoms with E-state index in [1.165, 1.54) is 27.4 Å². The van der Waals surface area contributed by atoms with Crippen LogP contribution in [0.25, 0.3) is 21.8 Å². The van der Waals surface area contributed by atoms with Gasteiger partial charge in [-0.25, -0.2) is 0 Å². The van der Waals surface area contributed by atoms with E-state index in [1.807, 2.05) is 6.07 Å². The van der Waals surface area contributed by atoms with Crippen molar-refractivity contribution in [3.63, 3.8) is 0 Å². The predicted octanol–water partition coefficient (Wildman–Crippen LogP) is 6.70. The second-order valence-electron chi connectivity index (χ2n) is 6.94. The molecular weight excluding hydrogens is 466 g/mol. The van der Waals surface area contributed by atoms with E-state index in [0.29, 0.717) is 0 Å². The number of hydrogen-bond acceptors (Lipinski definition) is 1. The third-order valence-electron chi connectivity index (χ3n) is 5.08. The molecule has 1 unspecified atom stereocenters. The van der Waals surface area contributed by atoms with E-state index in [1.54, 1.807) is 0 Å². The molecule has 27 heavy (non-hydrogen) atoms. The minimum atomic E-state index is -0.302. The summed E-state index contributed by atoms with van der Waals surface area (Å²) >= 11 is 7.18. The van der Waals surface area contributed by atoms with Gasteiger partial charge in [0.15, 0.2) is 0 Å². The normalized spacial score (nSPS) is 12.7. The Bertz CT molecular complexity index is 1010. The van der Waals surface area contributed by atoms with Crippen LogP contribution in [-0.4, -0.2) is 15.8 Å². The Hall–Kier alpha value is -1.62. The van der Waals surface area contributed by atoms with Gasteiger partial charge in [-0.05, 0) is 61.2 Å². The van der Waals surface area contributed by atoms with Crippen molar-refractivity contribution in [3.05, 3.63) is 81.2 Å². The molecular formula is C23H21Br2NO. The van der Waals surface area contributed by atoms with Crippen LogP contribution in [0.2, 0.25) is 0 Å². The Morgan fingerprint density at radius 3 is 1.96 bits per heavy atom. The molecule has 1 atom stereocenters. The number of rotatable bonds is 6. The summed E-state index contributed by atoms with van der Waals surface area (Å²) in [6.45, 7) is 0.805. The average molecular weight is 487 g/mol. The van der Waals surface area contributed by atoms with E-state index in [0.717, 1.165) is 34.8 Å². The summed E-state index contributed by atoms with van der Waals surface area (Å²) in [5, 5.41) is 13.0. The number of aliphatic hydroxyl groups is 1. The molecule has 4 rings (SSSR count). The number of nitrogens with zero attached hydrogens (tertiary/aromatic N) is 1. The number of benzene rings is 3. The first-order valence-corrected chi connectivity index (χ1v) is 10.8. The van der Waals surface area contributed by atoms with Crippen LogP contribution >= 0.6 is 31.9 Å². The summed E-state index contributed by atoms with van der Waals surface area (Å²) in [4.78, 5) is 0. The Labute approximate surface area is 176 Å². The smallest absolute Gasteiger partial charge is 0.0560 e. The zero-order valence-electron chi connectivity index (χ0n) is 14.9. The van der Waals surface area contributed by atoms with Crippen molar-refractivity contribution in [2.45, 2.75) is 31.9 Å². The third-order valence-corrected chi connectivity index (χ3v) is 6.07. The van der Waals surface area contributed by atoms with Gasteiger partial charge >= 0.3 is 0 Å². The number of halogens is 2. The maximum absolute atomic E-state index is 10.5. The van der Waals surface area contributed by atoms with Gasteiger partial charge in [-0.15, -0.1) is 0 Å². The molecule has 0 radical (unpaired) electrons. The average Bonchev–Trinajstić information content (AvgIpc) is 2.97. The van der Waals surface area contributed by atoms with Crippen molar-refractivity contribution in [2.24, 2.45) is 0 Å². The van der Waals surface area contributed by atoms with E-state index in [4.69, 9.17) is 0 Å². The van der Waals surface area contributed by atoms with Crippen LogP contribution in [-0.2, 0) is 13.0 Å². The summed E-state index contributed by atoms with van der Waals surface area (Å²) in [5.41, 5.74) is 3.70. The highest BCUT2D eigenvalue weighted by molar-refractivity contribution is 9.10. The highest BCUT2D eigenvalue weighted by Crippen LogP contribution is 2.33. The van der Waals surface area contributed by atoms with E-state index in [9.17, 15) is 5.11 Å². The van der Waals surface area contributed by atoms with Crippen molar-refractivity contribution >= 4 is 53.7 Å². The largest absolute Gasteiger partial charge is 0.393 e. The fraction of sp³-hybridized carbons (Fsp3) is 0.217. The highest BCUT2D eigenvalue weighted by atomic mass is 79.9. The predicted molar refractivity (Wildman–Crippen MR) is 120 cm³/mol. The molecule has 138 valence electrons. The van der Waals surface area contributed by atoms with Crippen LogP contribution < -0.4 is 0 Å². The summed E-state index contributed by atoms with van der Waals surface area (Å²) in [5.74, 6) is 0. The first-order valence-electron chi connectivity index (χ1n) is 9.21. The molecule has 0 bridgehead atoms. The molecule has 2 nitrogen and oxygen atoms in total. The van der Waals surface area contributed by atoms with Gasteiger partial charge in [0.25, 0.3) is 0 Å². The molecule has 0 saturated heterocycles. The first kappa shape index (κ1) is 18.7. The van der Waals surface area contributed by atoms with Gasteiger partial charge in [-0.3, -0.25) is 0 Å². The summed E-state index contributed by atoms with van der Waals surface area (Å²) in [6.07, 6.45) is 2.15. The Balaban J connectivity index is 1.56. The maximum Gasteiger partial charge on any atom is 0.0560 e. The van der Waals surface area contributed by atoms with E-state index in [-0.39, 0.29) is 6.10 Å². The maximum atomic E-state index is 10.5. The lowest BCUT2D eigenvalue weighted by atomic mass is 10.1. The molecule has 4 heteroatoms. The lowest BCUT2D eigenvalue weighted by Gasteiger charge is -2.13. The molecule has 0 fully saturated rings. The molecule has 0 spiro atoms. The van der Waals surface area contributed by atoms with Crippen molar-refractivity contribution in [3.8, 4) is 0 Å². The fourth-order valence-corrected chi connectivity index (χ4v) is 4.41. The Kier molecular flexibility index (Phi) is 5.67. The molecule has 1 aromatic heterocycles. The zero-order valence-corrected chi connectivity index (χ0v) is 18.1. The fourth-order valence-electron chi connectivity index (χ4n) is 3.69. The molecule has 1 heterocycles. The lowest BCUT2D eigenvalue weighted by molar-refractivity contribution is 0.150. The number of aryl methyl sites for hydroxylation is 2. The van der Waals surface area contributed by atoms with E-state index >= 15 is 0 Å². The van der Waals surface area contributed by atoms with Crippen molar-refractivity contribution in [1.82, 2.24) is 4.57 Å². The summed E-state index contributed by atoms with van der Waals surface area (Å²) in [7, 11) is 0. The van der Waals surface area contributed by atoms with E-state index in [2.05, 4.69) is 97.1 Å². The first-order chi connectivity index (χ1) is 13.1. The molecule has 0 amide bonds. The number of aliphatic hydroxyl groups excluding tert-OH is 1. The minimum absolute atomic E-state index is 0.302. The van der Waals surface area contributed by atoms with Crippen LogP contribution in [0, 0.1) is 0 Å². The van der Waals surface area contributed by atoms with Gasteiger partial charge in [-0.1, -0.05) is 62.2 Å². The van der Waals surface area contributed by atoms with Gasteiger partial charge in [0, 0.05) is 37.3 Å². The molecule has 3 aromatic carbocycles. The van der Waals surface area contributed by atoms with Crippen molar-refractivity contribution < 1.29 is 5.11 Å². The summed E-state index contributed by atoms with van der Waals surface area (Å²) < 4.78 is 4.49. The Morgan fingerprint density at radius 1 is 0.778 bits per heavy atom. The van der Waals surface area contributed by atoms with Crippen molar-refractivity contribution in [1.29, 1.82) is 0 Å². The topological polar surface area (TPSA) is 25.2 Å². The highest BCUT2D eigenvalue weighted by Gasteiger charge is 2.13. The second kappa shape index (κ2) is 8.17. The van der Waals surface area contributed by atoms with Gasteiger partial charge in [-0.2, -0.15) is 0 Å². The molecule has 0 aliphatic carbocycles. The Morgan fingerprint density at radius 2 is 1.37 bits per heavy atom. The SMILES string of the molecule is OC(CCc1ccccc1)CCn1c2ccc(Br)cc2c2cc(Br)ccc21. The zero-order chi connectivity index (χ0) is 18.8. The minimum Gasteiger partial charge on any atom is -0.393 e. The molecule has 0 aliphatic heterocycles. The van der Waals surface area contributed by atoms with Gasteiger partial charge < -0.3 is 9.67 Å². The number of fused-ring (bicyclic) bond motifs is 3. The monoisotopic (exact) mass is 485 g/mol. The molecule has 1 N–H and O–H groups in total. The molecule has 4 aromatic rings. The lowest BCUT2D eigenvalue weighted by Crippen LogP contribution is -2.12. The second-order valence-corrected chi connectivity index (χ2v) is 8.77. The van der Waals surface area contributed by atoms with Crippen LogP contribution in [0.15, 0.2) is 75.7 Å². The molecule has 0 saturated carbocycles. The van der Waals surface area contributed by atoms with Crippen LogP contribution in [0.5, 0.6) is 0 Å². The van der Waals surface area contributed by atoms with Gasteiger partial charge in [0.1, 0.15) is 0 Å². The van der Waals surface area contributed by atoms with Crippen LogP contribution in [0.3, 0.4) is 0 Å². The number of aromatic nitrogens is 1. The third kappa shape index (κ3) is 4.13. The van der Waals surface area contributed by atoms with E-state index < -0.39 is 0 Å². The summed E-state index contributed by atoms with van der Waals surface area (Å²) in [6, 6.07) is 23.2. The van der Waals surface area contributed by atoms with Crippen LogP contribution in [0.1, 0.15) is 18.4 Å². The molecule has 0 aliphatic rings. The quantitative estimate of drug-likeness (QED) is 0.322.